The molecule has 4 rings (SSSR count). The summed E-state index contributed by atoms with van der Waals surface area (Å²) in [4.78, 5) is 15.2. The number of carbonyl (C=O) groups excluding carboxylic acids is 1. The van der Waals surface area contributed by atoms with Gasteiger partial charge in [-0.2, -0.15) is 0 Å². The summed E-state index contributed by atoms with van der Waals surface area (Å²) in [5.41, 5.74) is 4.46. The maximum Gasteiger partial charge on any atom is 0.266 e. The predicted molar refractivity (Wildman–Crippen MR) is 132 cm³/mol. The summed E-state index contributed by atoms with van der Waals surface area (Å²) in [6.07, 6.45) is 2.67. The summed E-state index contributed by atoms with van der Waals surface area (Å²) in [6, 6.07) is 26.2. The molecule has 5 heteroatoms. The quantitative estimate of drug-likeness (QED) is 0.329. The van der Waals surface area contributed by atoms with Crippen LogP contribution in [0.4, 0.5) is 0 Å². The monoisotopic (exact) mass is 445 g/mol. The van der Waals surface area contributed by atoms with Crippen LogP contribution in [-0.2, 0) is 17.8 Å². The first-order chi connectivity index (χ1) is 15.1. The van der Waals surface area contributed by atoms with E-state index in [1.165, 1.54) is 22.9 Å². The molecule has 0 unspecified atom stereocenters. The van der Waals surface area contributed by atoms with E-state index in [4.69, 9.17) is 17.0 Å². The van der Waals surface area contributed by atoms with E-state index in [-0.39, 0.29) is 5.91 Å². The lowest BCUT2D eigenvalue weighted by Gasteiger charge is -2.14. The summed E-state index contributed by atoms with van der Waals surface area (Å²) >= 11 is 6.82. The first-order valence-corrected chi connectivity index (χ1v) is 11.4. The molecule has 0 N–H and O–H groups in total. The van der Waals surface area contributed by atoms with Crippen LogP contribution in [0.25, 0.3) is 6.08 Å². The Morgan fingerprint density at radius 3 is 2.52 bits per heavy atom. The first-order valence-electron chi connectivity index (χ1n) is 10.2. The third-order valence-corrected chi connectivity index (χ3v) is 6.40. The number of rotatable bonds is 7. The molecule has 0 spiro atoms. The fraction of sp³-hybridized carbons (Fsp3) is 0.154. The zero-order valence-corrected chi connectivity index (χ0v) is 18.9. The SMILES string of the molecule is Cc1ccc(COc2cccc(/C=C3\SC(=S)N(CCc4ccccc4)C3=O)c2)cc1. The van der Waals surface area contributed by atoms with Gasteiger partial charge in [0.1, 0.15) is 16.7 Å². The molecule has 1 heterocycles. The lowest BCUT2D eigenvalue weighted by Crippen LogP contribution is -2.30. The highest BCUT2D eigenvalue weighted by Crippen LogP contribution is 2.33. The van der Waals surface area contributed by atoms with Gasteiger partial charge in [-0.15, -0.1) is 0 Å². The van der Waals surface area contributed by atoms with Gasteiger partial charge in [0.05, 0.1) is 4.91 Å². The topological polar surface area (TPSA) is 29.5 Å². The van der Waals surface area contributed by atoms with Crippen molar-refractivity contribution in [1.82, 2.24) is 4.90 Å². The smallest absolute Gasteiger partial charge is 0.266 e. The minimum absolute atomic E-state index is 0.0306. The number of thioether (sulfide) groups is 1. The van der Waals surface area contributed by atoms with E-state index < -0.39 is 0 Å². The third kappa shape index (κ3) is 5.63. The zero-order chi connectivity index (χ0) is 21.6. The highest BCUT2D eigenvalue weighted by atomic mass is 32.2. The van der Waals surface area contributed by atoms with Crippen LogP contribution in [0.1, 0.15) is 22.3 Å². The van der Waals surface area contributed by atoms with Crippen LogP contribution in [0.2, 0.25) is 0 Å². The van der Waals surface area contributed by atoms with Crippen LogP contribution in [0.5, 0.6) is 5.75 Å². The molecular weight excluding hydrogens is 422 g/mol. The summed E-state index contributed by atoms with van der Waals surface area (Å²) in [6.45, 7) is 3.16. The molecule has 1 fully saturated rings. The molecule has 0 saturated carbocycles. The van der Waals surface area contributed by atoms with Gasteiger partial charge in [-0.1, -0.05) is 96.3 Å². The number of ether oxygens (including phenoxy) is 1. The minimum atomic E-state index is -0.0306. The van der Waals surface area contributed by atoms with Crippen molar-refractivity contribution in [1.29, 1.82) is 0 Å². The van der Waals surface area contributed by atoms with Gasteiger partial charge < -0.3 is 4.74 Å². The maximum absolute atomic E-state index is 12.9. The Hall–Kier alpha value is -2.89. The van der Waals surface area contributed by atoms with Gasteiger partial charge >= 0.3 is 0 Å². The standard InChI is InChI=1S/C26H23NO2S2/c1-19-10-12-21(13-11-19)18-29-23-9-5-8-22(16-23)17-24-25(28)27(26(30)31-24)15-14-20-6-3-2-4-7-20/h2-13,16-17H,14-15,18H2,1H3/b24-17-. The van der Waals surface area contributed by atoms with E-state index in [0.717, 1.165) is 23.3 Å². The number of hydrogen-bond acceptors (Lipinski definition) is 4. The van der Waals surface area contributed by atoms with Gasteiger partial charge in [-0.05, 0) is 48.2 Å². The zero-order valence-electron chi connectivity index (χ0n) is 17.3. The van der Waals surface area contributed by atoms with Gasteiger partial charge in [-0.25, -0.2) is 0 Å². The summed E-state index contributed by atoms with van der Waals surface area (Å²) in [5, 5.41) is 0. The maximum atomic E-state index is 12.9. The predicted octanol–water partition coefficient (Wildman–Crippen LogP) is 6.02. The highest BCUT2D eigenvalue weighted by molar-refractivity contribution is 8.26. The normalized spacial score (nSPS) is 15.0. The van der Waals surface area contributed by atoms with Crippen LogP contribution in [-0.4, -0.2) is 21.7 Å². The Morgan fingerprint density at radius 1 is 0.968 bits per heavy atom. The summed E-state index contributed by atoms with van der Waals surface area (Å²) < 4.78 is 6.55. The summed E-state index contributed by atoms with van der Waals surface area (Å²) in [5.74, 6) is 0.741. The van der Waals surface area contributed by atoms with Gasteiger partial charge in [0, 0.05) is 6.54 Å². The molecule has 0 radical (unpaired) electrons. The molecule has 0 bridgehead atoms. The number of aryl methyl sites for hydroxylation is 1. The second-order valence-electron chi connectivity index (χ2n) is 7.42. The van der Waals surface area contributed by atoms with Gasteiger partial charge in [0.2, 0.25) is 0 Å². The van der Waals surface area contributed by atoms with Crippen LogP contribution >= 0.6 is 24.0 Å². The average molecular weight is 446 g/mol. The van der Waals surface area contributed by atoms with E-state index in [9.17, 15) is 4.79 Å². The van der Waals surface area contributed by atoms with Gasteiger partial charge in [-0.3, -0.25) is 9.69 Å². The van der Waals surface area contributed by atoms with E-state index in [1.54, 1.807) is 4.90 Å². The van der Waals surface area contributed by atoms with Crippen molar-refractivity contribution >= 4 is 40.3 Å². The lowest BCUT2D eigenvalue weighted by atomic mass is 10.1. The molecule has 1 saturated heterocycles. The van der Waals surface area contributed by atoms with Crippen molar-refractivity contribution in [3.8, 4) is 5.75 Å². The van der Waals surface area contributed by atoms with Crippen LogP contribution < -0.4 is 4.74 Å². The molecule has 0 atom stereocenters. The summed E-state index contributed by atoms with van der Waals surface area (Å²) in [7, 11) is 0. The van der Waals surface area contributed by atoms with E-state index in [2.05, 4.69) is 43.3 Å². The molecule has 1 aliphatic rings. The molecule has 3 nitrogen and oxygen atoms in total. The van der Waals surface area contributed by atoms with Crippen molar-refractivity contribution < 1.29 is 9.53 Å². The minimum Gasteiger partial charge on any atom is -0.489 e. The number of carbonyl (C=O) groups is 1. The molecule has 3 aromatic carbocycles. The largest absolute Gasteiger partial charge is 0.489 e. The van der Waals surface area contributed by atoms with Crippen molar-refractivity contribution in [3.05, 3.63) is 106 Å². The molecule has 1 amide bonds. The van der Waals surface area contributed by atoms with E-state index >= 15 is 0 Å². The van der Waals surface area contributed by atoms with Crippen LogP contribution in [0.15, 0.2) is 83.8 Å². The Bertz CT molecular complexity index is 1110. The number of thiocarbonyl (C=S) groups is 1. The number of benzene rings is 3. The fourth-order valence-corrected chi connectivity index (χ4v) is 4.58. The number of hydrogen-bond donors (Lipinski definition) is 0. The van der Waals surface area contributed by atoms with Crippen molar-refractivity contribution in [3.63, 3.8) is 0 Å². The lowest BCUT2D eigenvalue weighted by molar-refractivity contribution is -0.122. The Kier molecular flexibility index (Phi) is 6.85. The molecule has 31 heavy (non-hydrogen) atoms. The van der Waals surface area contributed by atoms with Crippen molar-refractivity contribution in [2.45, 2.75) is 20.0 Å². The van der Waals surface area contributed by atoms with E-state index in [0.29, 0.717) is 22.4 Å². The second kappa shape index (κ2) is 9.94. The molecule has 3 aromatic rings. The Labute approximate surface area is 192 Å². The Balaban J connectivity index is 1.41. The molecule has 156 valence electrons. The van der Waals surface area contributed by atoms with Gasteiger partial charge in [0.25, 0.3) is 5.91 Å². The highest BCUT2D eigenvalue weighted by Gasteiger charge is 2.31. The fourth-order valence-electron chi connectivity index (χ4n) is 3.27. The molecular formula is C26H23NO2S2. The van der Waals surface area contributed by atoms with Crippen LogP contribution in [0, 0.1) is 6.92 Å². The first kappa shape index (κ1) is 21.3. The van der Waals surface area contributed by atoms with Crippen molar-refractivity contribution in [2.24, 2.45) is 0 Å². The Morgan fingerprint density at radius 2 is 1.74 bits per heavy atom. The number of nitrogens with zero attached hydrogens (tertiary/aromatic N) is 1. The van der Waals surface area contributed by atoms with Gasteiger partial charge in [0.15, 0.2) is 0 Å². The van der Waals surface area contributed by atoms with Crippen molar-refractivity contribution in [2.75, 3.05) is 6.54 Å². The van der Waals surface area contributed by atoms with E-state index in [1.807, 2.05) is 48.5 Å². The molecule has 0 aliphatic carbocycles. The molecule has 0 aromatic heterocycles. The van der Waals surface area contributed by atoms with Crippen LogP contribution in [0.3, 0.4) is 0 Å². The second-order valence-corrected chi connectivity index (χ2v) is 9.09. The number of amides is 1. The molecule has 1 aliphatic heterocycles. The average Bonchev–Trinajstić information content (AvgIpc) is 3.05. The third-order valence-electron chi connectivity index (χ3n) is 5.02.